The van der Waals surface area contributed by atoms with E-state index in [0.717, 1.165) is 6.07 Å². The summed E-state index contributed by atoms with van der Waals surface area (Å²) in [6.07, 6.45) is -4.33. The van der Waals surface area contributed by atoms with Crippen LogP contribution in [0.25, 0.3) is 0 Å². The van der Waals surface area contributed by atoms with E-state index in [1.807, 2.05) is 4.90 Å². The van der Waals surface area contributed by atoms with Crippen molar-refractivity contribution in [1.29, 1.82) is 0 Å². The van der Waals surface area contributed by atoms with Gasteiger partial charge in [0.05, 0.1) is 15.5 Å². The number of hydrogen-bond donors (Lipinski definition) is 0. The number of anilines is 1. The van der Waals surface area contributed by atoms with Crippen LogP contribution in [0.3, 0.4) is 0 Å². The van der Waals surface area contributed by atoms with Crippen LogP contribution in [0.5, 0.6) is 0 Å². The fourth-order valence-electron chi connectivity index (χ4n) is 3.49. The number of carbonyl (C=O) groups excluding carboxylic acids is 2. The molecule has 2 aliphatic heterocycles. The number of rotatable bonds is 5. The number of nitrogens with zero attached hydrogens (tertiary/aromatic N) is 4. The summed E-state index contributed by atoms with van der Waals surface area (Å²) in [5.41, 5.74) is -1.85. The number of amides is 2. The third-order valence-electron chi connectivity index (χ3n) is 5.07. The maximum absolute atomic E-state index is 13.0. The molecule has 12 heteroatoms. The second kappa shape index (κ2) is 8.15. The fourth-order valence-corrected chi connectivity index (χ4v) is 3.76. The first kappa shape index (κ1) is 21.3. The van der Waals surface area contributed by atoms with Crippen molar-refractivity contribution >= 4 is 34.8 Å². The Morgan fingerprint density at radius 2 is 1.62 bits per heavy atom. The first-order chi connectivity index (χ1) is 13.6. The van der Waals surface area contributed by atoms with E-state index in [4.69, 9.17) is 11.6 Å². The summed E-state index contributed by atoms with van der Waals surface area (Å²) in [4.78, 5) is 38.6. The Kier molecular flexibility index (Phi) is 5.99. The van der Waals surface area contributed by atoms with Crippen molar-refractivity contribution in [2.45, 2.75) is 19.0 Å². The van der Waals surface area contributed by atoms with Gasteiger partial charge < -0.3 is 4.90 Å². The SMILES string of the molecule is O=C1CCC(=O)N1CCN1CCN(c2cc(Cl)c(C(F)(F)F)cc2[N+](=O)[O-])CC1. The zero-order valence-corrected chi connectivity index (χ0v) is 16.0. The van der Waals surface area contributed by atoms with Gasteiger partial charge in [-0.15, -0.1) is 0 Å². The molecule has 2 aliphatic rings. The van der Waals surface area contributed by atoms with Crippen molar-refractivity contribution < 1.29 is 27.7 Å². The minimum Gasteiger partial charge on any atom is -0.363 e. The van der Waals surface area contributed by atoms with Gasteiger partial charge in [0.15, 0.2) is 0 Å². The molecule has 0 aliphatic carbocycles. The molecule has 158 valence electrons. The highest BCUT2D eigenvalue weighted by Crippen LogP contribution is 2.41. The molecule has 3 rings (SSSR count). The summed E-state index contributed by atoms with van der Waals surface area (Å²) in [5, 5.41) is 10.7. The number of imide groups is 1. The first-order valence-electron chi connectivity index (χ1n) is 8.93. The van der Waals surface area contributed by atoms with E-state index in [-0.39, 0.29) is 36.9 Å². The molecular formula is C17H18ClF3N4O4. The van der Waals surface area contributed by atoms with Crippen LogP contribution in [-0.2, 0) is 15.8 Å². The summed E-state index contributed by atoms with van der Waals surface area (Å²) < 4.78 is 39.0. The normalized spacial score (nSPS) is 18.6. The van der Waals surface area contributed by atoms with E-state index in [0.29, 0.717) is 38.8 Å². The standard InChI is InChI=1S/C17H18ClF3N4O4/c18-12-10-13(14(25(28)29)9-11(12)17(19,20)21)23-6-3-22(4-7-23)5-8-24-15(26)1-2-16(24)27/h9-10H,1-8H2. The Hall–Kier alpha value is -2.40. The molecule has 0 spiro atoms. The van der Waals surface area contributed by atoms with Gasteiger partial charge in [0, 0.05) is 58.2 Å². The van der Waals surface area contributed by atoms with Gasteiger partial charge in [0.2, 0.25) is 11.8 Å². The number of piperazine rings is 1. The molecule has 1 aromatic rings. The monoisotopic (exact) mass is 434 g/mol. The molecule has 0 aromatic heterocycles. The van der Waals surface area contributed by atoms with Crippen LogP contribution in [0, 0.1) is 10.1 Å². The lowest BCUT2D eigenvalue weighted by molar-refractivity contribution is -0.384. The number of carbonyl (C=O) groups is 2. The smallest absolute Gasteiger partial charge is 0.363 e. The van der Waals surface area contributed by atoms with Crippen LogP contribution in [0.2, 0.25) is 5.02 Å². The Morgan fingerprint density at radius 1 is 1.03 bits per heavy atom. The highest BCUT2D eigenvalue weighted by molar-refractivity contribution is 6.31. The van der Waals surface area contributed by atoms with Gasteiger partial charge in [-0.05, 0) is 6.07 Å². The number of alkyl halides is 3. The van der Waals surface area contributed by atoms with Crippen molar-refractivity contribution in [2.24, 2.45) is 0 Å². The fraction of sp³-hybridized carbons (Fsp3) is 0.529. The van der Waals surface area contributed by atoms with Crippen LogP contribution in [0.4, 0.5) is 24.5 Å². The van der Waals surface area contributed by atoms with Gasteiger partial charge >= 0.3 is 6.18 Å². The van der Waals surface area contributed by atoms with Crippen molar-refractivity contribution in [3.63, 3.8) is 0 Å². The zero-order chi connectivity index (χ0) is 21.3. The second-order valence-corrected chi connectivity index (χ2v) is 7.25. The quantitative estimate of drug-likeness (QED) is 0.402. The number of nitro benzene ring substituents is 1. The second-order valence-electron chi connectivity index (χ2n) is 6.84. The van der Waals surface area contributed by atoms with Crippen LogP contribution < -0.4 is 4.90 Å². The number of nitro groups is 1. The third-order valence-corrected chi connectivity index (χ3v) is 5.39. The molecule has 2 saturated heterocycles. The summed E-state index contributed by atoms with van der Waals surface area (Å²) >= 11 is 5.74. The minimum atomic E-state index is -4.79. The molecule has 0 unspecified atom stereocenters. The average molecular weight is 435 g/mol. The summed E-state index contributed by atoms with van der Waals surface area (Å²) in [5.74, 6) is -0.382. The van der Waals surface area contributed by atoms with Gasteiger partial charge in [-0.3, -0.25) is 29.5 Å². The average Bonchev–Trinajstić information content (AvgIpc) is 2.97. The molecule has 2 fully saturated rings. The first-order valence-corrected chi connectivity index (χ1v) is 9.31. The molecular weight excluding hydrogens is 417 g/mol. The predicted octanol–water partition coefficient (Wildman–Crippen LogP) is 2.54. The van der Waals surface area contributed by atoms with Crippen molar-refractivity contribution in [3.8, 4) is 0 Å². The van der Waals surface area contributed by atoms with E-state index in [2.05, 4.69) is 0 Å². The molecule has 0 saturated carbocycles. The molecule has 2 heterocycles. The number of halogens is 4. The molecule has 0 radical (unpaired) electrons. The van der Waals surface area contributed by atoms with Crippen molar-refractivity contribution in [3.05, 3.63) is 32.8 Å². The van der Waals surface area contributed by atoms with Gasteiger partial charge in [-0.25, -0.2) is 0 Å². The number of likely N-dealkylation sites (tertiary alicyclic amines) is 1. The maximum Gasteiger partial charge on any atom is 0.418 e. The van der Waals surface area contributed by atoms with Gasteiger partial charge in [-0.1, -0.05) is 11.6 Å². The van der Waals surface area contributed by atoms with Crippen molar-refractivity contribution in [1.82, 2.24) is 9.80 Å². The summed E-state index contributed by atoms with van der Waals surface area (Å²) in [6.45, 7) is 2.39. The number of hydrogen-bond acceptors (Lipinski definition) is 6. The lowest BCUT2D eigenvalue weighted by Crippen LogP contribution is -2.49. The maximum atomic E-state index is 13.0. The molecule has 0 bridgehead atoms. The van der Waals surface area contributed by atoms with Crippen LogP contribution in [-0.4, -0.2) is 65.8 Å². The van der Waals surface area contributed by atoms with Gasteiger partial charge in [-0.2, -0.15) is 13.2 Å². The molecule has 0 N–H and O–H groups in total. The Bertz CT molecular complexity index is 825. The zero-order valence-electron chi connectivity index (χ0n) is 15.2. The summed E-state index contributed by atoms with van der Waals surface area (Å²) in [6, 6.07) is 1.45. The van der Waals surface area contributed by atoms with Crippen molar-refractivity contribution in [2.75, 3.05) is 44.2 Å². The third kappa shape index (κ3) is 4.61. The van der Waals surface area contributed by atoms with Crippen LogP contribution in [0.1, 0.15) is 18.4 Å². The van der Waals surface area contributed by atoms with E-state index in [9.17, 15) is 32.9 Å². The van der Waals surface area contributed by atoms with E-state index in [1.54, 1.807) is 4.90 Å². The van der Waals surface area contributed by atoms with Gasteiger partial charge in [0.1, 0.15) is 5.69 Å². The Labute approximate surface area is 168 Å². The topological polar surface area (TPSA) is 87.0 Å². The highest BCUT2D eigenvalue weighted by atomic mass is 35.5. The van der Waals surface area contributed by atoms with E-state index in [1.165, 1.54) is 4.90 Å². The lowest BCUT2D eigenvalue weighted by atomic mass is 10.1. The molecule has 8 nitrogen and oxygen atoms in total. The molecule has 0 atom stereocenters. The Balaban J connectivity index is 1.67. The Morgan fingerprint density at radius 3 is 2.14 bits per heavy atom. The van der Waals surface area contributed by atoms with Crippen LogP contribution in [0.15, 0.2) is 12.1 Å². The summed E-state index contributed by atoms with van der Waals surface area (Å²) in [7, 11) is 0. The largest absolute Gasteiger partial charge is 0.418 e. The number of benzene rings is 1. The van der Waals surface area contributed by atoms with Gasteiger partial charge in [0.25, 0.3) is 5.69 Å². The lowest BCUT2D eigenvalue weighted by Gasteiger charge is -2.36. The van der Waals surface area contributed by atoms with Crippen LogP contribution >= 0.6 is 11.6 Å². The minimum absolute atomic E-state index is 0.0394. The molecule has 29 heavy (non-hydrogen) atoms. The highest BCUT2D eigenvalue weighted by Gasteiger charge is 2.37. The molecule has 2 amide bonds. The van der Waals surface area contributed by atoms with E-state index >= 15 is 0 Å². The molecule has 1 aromatic carbocycles. The van der Waals surface area contributed by atoms with E-state index < -0.39 is 27.4 Å². The predicted molar refractivity (Wildman–Crippen MR) is 97.7 cm³/mol.